The molecule has 1 aliphatic rings. The molecule has 0 spiro atoms. The van der Waals surface area contributed by atoms with Crippen molar-refractivity contribution in [2.24, 2.45) is 4.99 Å². The van der Waals surface area contributed by atoms with Crippen molar-refractivity contribution in [3.05, 3.63) is 22.4 Å². The van der Waals surface area contributed by atoms with Crippen molar-refractivity contribution in [3.8, 4) is 0 Å². The van der Waals surface area contributed by atoms with Crippen LogP contribution in [0.2, 0.25) is 0 Å². The SMILES string of the molecule is CCNC(=NCC(C)(O)c1ccsc1)NCCCOCC1CCCO1. The van der Waals surface area contributed by atoms with Crippen LogP contribution in [0.4, 0.5) is 0 Å². The molecular formula is C18H31N3O3S. The Morgan fingerprint density at radius 1 is 1.52 bits per heavy atom. The van der Waals surface area contributed by atoms with Crippen LogP contribution in [0, 0.1) is 0 Å². The summed E-state index contributed by atoms with van der Waals surface area (Å²) in [5, 5.41) is 21.0. The molecule has 2 atom stereocenters. The van der Waals surface area contributed by atoms with Crippen molar-refractivity contribution >= 4 is 17.3 Å². The lowest BCUT2D eigenvalue weighted by molar-refractivity contribution is 0.0168. The van der Waals surface area contributed by atoms with Gasteiger partial charge < -0.3 is 25.2 Å². The van der Waals surface area contributed by atoms with E-state index in [4.69, 9.17) is 9.47 Å². The summed E-state index contributed by atoms with van der Waals surface area (Å²) in [6.45, 7) is 7.96. The summed E-state index contributed by atoms with van der Waals surface area (Å²) in [5.74, 6) is 0.720. The lowest BCUT2D eigenvalue weighted by Crippen LogP contribution is -2.39. The minimum atomic E-state index is -0.952. The molecular weight excluding hydrogens is 338 g/mol. The van der Waals surface area contributed by atoms with Crippen LogP contribution in [0.5, 0.6) is 0 Å². The highest BCUT2D eigenvalue weighted by atomic mass is 32.1. The van der Waals surface area contributed by atoms with Crippen molar-refractivity contribution < 1.29 is 14.6 Å². The summed E-state index contributed by atoms with van der Waals surface area (Å²) in [6, 6.07) is 1.94. The number of hydrogen-bond donors (Lipinski definition) is 3. The Balaban J connectivity index is 1.66. The Morgan fingerprint density at radius 3 is 3.08 bits per heavy atom. The van der Waals surface area contributed by atoms with E-state index < -0.39 is 5.60 Å². The van der Waals surface area contributed by atoms with Crippen molar-refractivity contribution in [2.75, 3.05) is 39.5 Å². The van der Waals surface area contributed by atoms with Gasteiger partial charge in [-0.1, -0.05) is 0 Å². The number of guanidine groups is 1. The Hall–Kier alpha value is -1.15. The number of nitrogens with zero attached hydrogens (tertiary/aromatic N) is 1. The molecule has 6 nitrogen and oxygen atoms in total. The average Bonchev–Trinajstić information content (AvgIpc) is 3.29. The molecule has 2 rings (SSSR count). The van der Waals surface area contributed by atoms with Gasteiger partial charge in [0.2, 0.25) is 0 Å². The fraction of sp³-hybridized carbons (Fsp3) is 0.722. The van der Waals surface area contributed by atoms with Crippen molar-refractivity contribution in [2.45, 2.75) is 44.8 Å². The van der Waals surface area contributed by atoms with Crippen LogP contribution in [-0.2, 0) is 15.1 Å². The molecule has 0 amide bonds. The van der Waals surface area contributed by atoms with Crippen LogP contribution in [0.25, 0.3) is 0 Å². The van der Waals surface area contributed by atoms with E-state index in [0.717, 1.165) is 50.5 Å². The van der Waals surface area contributed by atoms with E-state index in [1.807, 2.05) is 23.8 Å². The second-order valence-electron chi connectivity index (χ2n) is 6.47. The molecule has 1 aliphatic heterocycles. The van der Waals surface area contributed by atoms with E-state index >= 15 is 0 Å². The van der Waals surface area contributed by atoms with E-state index in [1.54, 1.807) is 18.3 Å². The van der Waals surface area contributed by atoms with E-state index in [0.29, 0.717) is 19.8 Å². The lowest BCUT2D eigenvalue weighted by Gasteiger charge is -2.21. The van der Waals surface area contributed by atoms with Gasteiger partial charge in [0.1, 0.15) is 5.60 Å². The van der Waals surface area contributed by atoms with Crippen LogP contribution in [0.3, 0.4) is 0 Å². The molecule has 1 aromatic rings. The third-order valence-corrected chi connectivity index (χ3v) is 4.80. The molecule has 7 heteroatoms. The minimum absolute atomic E-state index is 0.283. The summed E-state index contributed by atoms with van der Waals surface area (Å²) < 4.78 is 11.2. The van der Waals surface area contributed by atoms with Gasteiger partial charge in [-0.15, -0.1) is 0 Å². The maximum Gasteiger partial charge on any atom is 0.191 e. The maximum atomic E-state index is 10.5. The van der Waals surface area contributed by atoms with E-state index in [9.17, 15) is 5.11 Å². The predicted molar refractivity (Wildman–Crippen MR) is 102 cm³/mol. The second kappa shape index (κ2) is 10.8. The first-order valence-corrected chi connectivity index (χ1v) is 10.0. The number of ether oxygens (including phenoxy) is 2. The van der Waals surface area contributed by atoms with Crippen molar-refractivity contribution in [3.63, 3.8) is 0 Å². The first kappa shape index (κ1) is 20.2. The molecule has 0 radical (unpaired) electrons. The summed E-state index contributed by atoms with van der Waals surface area (Å²) in [7, 11) is 0. The monoisotopic (exact) mass is 369 g/mol. The first-order chi connectivity index (χ1) is 12.1. The fourth-order valence-corrected chi connectivity index (χ4v) is 3.39. The van der Waals surface area contributed by atoms with Gasteiger partial charge in [0.05, 0.1) is 19.3 Å². The van der Waals surface area contributed by atoms with E-state index in [1.165, 1.54) is 0 Å². The number of hydrogen-bond acceptors (Lipinski definition) is 5. The van der Waals surface area contributed by atoms with Crippen LogP contribution < -0.4 is 10.6 Å². The number of rotatable bonds is 10. The quantitative estimate of drug-likeness (QED) is 0.335. The lowest BCUT2D eigenvalue weighted by atomic mass is 10.00. The molecule has 1 saturated heterocycles. The zero-order valence-electron chi connectivity index (χ0n) is 15.3. The molecule has 3 N–H and O–H groups in total. The highest BCUT2D eigenvalue weighted by Gasteiger charge is 2.23. The maximum absolute atomic E-state index is 10.5. The molecule has 2 heterocycles. The summed E-state index contributed by atoms with van der Waals surface area (Å²) in [6.07, 6.45) is 3.44. The molecule has 0 aliphatic carbocycles. The van der Waals surface area contributed by atoms with Gasteiger partial charge in [-0.25, -0.2) is 4.99 Å². The van der Waals surface area contributed by atoms with Gasteiger partial charge >= 0.3 is 0 Å². The molecule has 0 bridgehead atoms. The Labute approximate surface area is 154 Å². The summed E-state index contributed by atoms with van der Waals surface area (Å²) in [4.78, 5) is 4.51. The smallest absolute Gasteiger partial charge is 0.191 e. The van der Waals surface area contributed by atoms with Gasteiger partial charge in [-0.05, 0) is 55.5 Å². The van der Waals surface area contributed by atoms with Gasteiger partial charge in [-0.2, -0.15) is 11.3 Å². The normalized spacial score (nSPS) is 20.4. The second-order valence-corrected chi connectivity index (χ2v) is 7.25. The van der Waals surface area contributed by atoms with Gasteiger partial charge in [0.15, 0.2) is 5.96 Å². The van der Waals surface area contributed by atoms with Gasteiger partial charge in [0, 0.05) is 26.3 Å². The minimum Gasteiger partial charge on any atom is -0.383 e. The summed E-state index contributed by atoms with van der Waals surface area (Å²) in [5.41, 5.74) is -0.0492. The molecule has 0 aromatic carbocycles. The molecule has 1 aromatic heterocycles. The zero-order chi connectivity index (χ0) is 18.0. The highest BCUT2D eigenvalue weighted by molar-refractivity contribution is 7.08. The Bertz CT molecular complexity index is 500. The number of nitrogens with one attached hydrogen (secondary N) is 2. The fourth-order valence-electron chi connectivity index (χ4n) is 2.61. The molecule has 1 fully saturated rings. The summed E-state index contributed by atoms with van der Waals surface area (Å²) >= 11 is 1.58. The third kappa shape index (κ3) is 7.32. The van der Waals surface area contributed by atoms with Crippen LogP contribution in [-0.4, -0.2) is 56.6 Å². The van der Waals surface area contributed by atoms with Crippen LogP contribution in [0.1, 0.15) is 38.7 Å². The van der Waals surface area contributed by atoms with E-state index in [-0.39, 0.29) is 6.10 Å². The highest BCUT2D eigenvalue weighted by Crippen LogP contribution is 2.23. The van der Waals surface area contributed by atoms with Gasteiger partial charge in [-0.3, -0.25) is 0 Å². The van der Waals surface area contributed by atoms with Crippen molar-refractivity contribution in [1.29, 1.82) is 0 Å². The topological polar surface area (TPSA) is 75.1 Å². The van der Waals surface area contributed by atoms with Crippen molar-refractivity contribution in [1.82, 2.24) is 10.6 Å². The number of aliphatic hydroxyl groups is 1. The molecule has 142 valence electrons. The average molecular weight is 370 g/mol. The Morgan fingerprint density at radius 2 is 2.40 bits per heavy atom. The van der Waals surface area contributed by atoms with E-state index in [2.05, 4.69) is 15.6 Å². The number of aliphatic imine (C=N–C) groups is 1. The largest absolute Gasteiger partial charge is 0.383 e. The predicted octanol–water partition coefficient (Wildman–Crippen LogP) is 2.10. The third-order valence-electron chi connectivity index (χ3n) is 4.12. The first-order valence-electron chi connectivity index (χ1n) is 9.08. The number of thiophene rings is 1. The standard InChI is InChI=1S/C18H31N3O3S/c1-3-19-17(21-14-18(2,22)15-7-11-25-13-15)20-8-5-9-23-12-16-6-4-10-24-16/h7,11,13,16,22H,3-6,8-10,12,14H2,1-2H3,(H2,19,20,21). The molecule has 0 saturated carbocycles. The van der Waals surface area contributed by atoms with Crippen LogP contribution >= 0.6 is 11.3 Å². The Kier molecular flexibility index (Phi) is 8.67. The van der Waals surface area contributed by atoms with Crippen LogP contribution in [0.15, 0.2) is 21.8 Å². The molecule has 25 heavy (non-hydrogen) atoms. The van der Waals surface area contributed by atoms with Gasteiger partial charge in [0.25, 0.3) is 0 Å². The molecule has 2 unspecified atom stereocenters. The zero-order valence-corrected chi connectivity index (χ0v) is 16.1.